The molecule has 0 saturated heterocycles. The number of hydrogen-bond acceptors (Lipinski definition) is 15. The molecule has 0 rings (SSSR count). The molecular formula is C75H128O17P2. The van der Waals surface area contributed by atoms with Gasteiger partial charge in [0.05, 0.1) is 26.4 Å². The first-order valence-electron chi connectivity index (χ1n) is 36.1. The number of phosphoric acid groups is 2. The number of carbonyl (C=O) groups excluding carboxylic acids is 4. The van der Waals surface area contributed by atoms with E-state index in [0.29, 0.717) is 25.7 Å². The smallest absolute Gasteiger partial charge is 0.462 e. The van der Waals surface area contributed by atoms with Crippen molar-refractivity contribution in [1.82, 2.24) is 0 Å². The molecule has 0 heterocycles. The molecule has 5 atom stereocenters. The number of ether oxygens (including phenoxy) is 4. The van der Waals surface area contributed by atoms with Gasteiger partial charge in [0.15, 0.2) is 12.2 Å². The summed E-state index contributed by atoms with van der Waals surface area (Å²) in [5.74, 6) is -2.26. The Kier molecular flexibility index (Phi) is 64.2. The van der Waals surface area contributed by atoms with Crippen LogP contribution in [0, 0.1) is 0 Å². The van der Waals surface area contributed by atoms with Crippen LogP contribution < -0.4 is 0 Å². The number of aliphatic hydroxyl groups is 1. The highest BCUT2D eigenvalue weighted by molar-refractivity contribution is 7.47. The molecule has 0 aromatic rings. The van der Waals surface area contributed by atoms with Gasteiger partial charge in [0, 0.05) is 25.7 Å². The summed E-state index contributed by atoms with van der Waals surface area (Å²) >= 11 is 0. The van der Waals surface area contributed by atoms with Gasteiger partial charge < -0.3 is 33.8 Å². The van der Waals surface area contributed by atoms with Crippen LogP contribution >= 0.6 is 15.6 Å². The van der Waals surface area contributed by atoms with E-state index >= 15 is 0 Å². The number of hydrogen-bond donors (Lipinski definition) is 3. The molecule has 0 aliphatic heterocycles. The fourth-order valence-electron chi connectivity index (χ4n) is 9.14. The van der Waals surface area contributed by atoms with Crippen LogP contribution in [0.3, 0.4) is 0 Å². The Balaban J connectivity index is 5.37. The molecule has 94 heavy (non-hydrogen) atoms. The van der Waals surface area contributed by atoms with Crippen LogP contribution in [0.1, 0.15) is 285 Å². The van der Waals surface area contributed by atoms with Crippen molar-refractivity contribution in [2.75, 3.05) is 39.6 Å². The lowest BCUT2D eigenvalue weighted by Gasteiger charge is -2.21. The molecule has 0 radical (unpaired) electrons. The summed E-state index contributed by atoms with van der Waals surface area (Å²) in [5.41, 5.74) is 0. The summed E-state index contributed by atoms with van der Waals surface area (Å²) in [6.45, 7) is 4.52. The first kappa shape index (κ1) is 89.7. The molecule has 0 saturated carbocycles. The van der Waals surface area contributed by atoms with Gasteiger partial charge in [-0.2, -0.15) is 0 Å². The van der Waals surface area contributed by atoms with E-state index in [0.717, 1.165) is 173 Å². The second-order valence-corrected chi connectivity index (χ2v) is 26.7. The highest BCUT2D eigenvalue weighted by atomic mass is 31.2. The number of esters is 4. The van der Waals surface area contributed by atoms with Crippen LogP contribution in [0.2, 0.25) is 0 Å². The second-order valence-electron chi connectivity index (χ2n) is 23.8. The van der Waals surface area contributed by atoms with E-state index < -0.39 is 97.5 Å². The third-order valence-corrected chi connectivity index (χ3v) is 16.6. The Bertz CT molecular complexity index is 2220. The van der Waals surface area contributed by atoms with Crippen molar-refractivity contribution in [3.8, 4) is 0 Å². The Morgan fingerprint density at radius 1 is 0.309 bits per heavy atom. The fraction of sp³-hybridized carbons (Fsp3) is 0.707. The summed E-state index contributed by atoms with van der Waals surface area (Å²) in [4.78, 5) is 72.6. The average Bonchev–Trinajstić information content (AvgIpc) is 1.35. The van der Waals surface area contributed by atoms with Crippen molar-refractivity contribution >= 4 is 39.5 Å². The van der Waals surface area contributed by atoms with E-state index in [1.807, 2.05) is 0 Å². The summed E-state index contributed by atoms with van der Waals surface area (Å²) in [5, 5.41) is 10.6. The van der Waals surface area contributed by atoms with Crippen LogP contribution in [0.5, 0.6) is 0 Å². The zero-order chi connectivity index (χ0) is 69.0. The maximum Gasteiger partial charge on any atom is 0.472 e. The fourth-order valence-corrected chi connectivity index (χ4v) is 10.7. The van der Waals surface area contributed by atoms with Gasteiger partial charge in [-0.15, -0.1) is 0 Å². The number of allylic oxidation sites excluding steroid dienone is 18. The summed E-state index contributed by atoms with van der Waals surface area (Å²) < 4.78 is 68.2. The predicted molar refractivity (Wildman–Crippen MR) is 381 cm³/mol. The number of carbonyl (C=O) groups is 4. The maximum absolute atomic E-state index is 13.0. The minimum Gasteiger partial charge on any atom is -0.462 e. The first-order valence-corrected chi connectivity index (χ1v) is 39.1. The van der Waals surface area contributed by atoms with Crippen LogP contribution in [0.15, 0.2) is 109 Å². The topological polar surface area (TPSA) is 237 Å². The molecule has 5 unspecified atom stereocenters. The number of aliphatic hydroxyl groups excluding tert-OH is 1. The van der Waals surface area contributed by atoms with Gasteiger partial charge in [0.25, 0.3) is 0 Å². The Morgan fingerprint density at radius 2 is 0.585 bits per heavy atom. The molecule has 0 fully saturated rings. The van der Waals surface area contributed by atoms with Crippen molar-refractivity contribution in [2.45, 2.75) is 303 Å². The lowest BCUT2D eigenvalue weighted by atomic mass is 10.1. The Labute approximate surface area is 569 Å². The Hall–Kier alpha value is -4.28. The largest absolute Gasteiger partial charge is 0.472 e. The molecule has 0 aromatic carbocycles. The Morgan fingerprint density at radius 3 is 0.957 bits per heavy atom. The molecule has 0 aromatic heterocycles. The van der Waals surface area contributed by atoms with Crippen molar-refractivity contribution in [1.29, 1.82) is 0 Å². The third kappa shape index (κ3) is 66.3. The highest BCUT2D eigenvalue weighted by Crippen LogP contribution is 2.45. The monoisotopic (exact) mass is 1360 g/mol. The molecule has 0 aliphatic carbocycles. The SMILES string of the molecule is CC/C=C\C/C=C\C/C=C\C/C=C\CCCCC(=O)OCC(COP(=O)(O)OCC(O)COP(=O)(O)OCC(COC(=O)CCCCCCC/C=C\C/C=C\CCCCC)OC(=O)CCCCCCC/C=C\C/C=C\CCC)OC(=O)CCCCCCC/C=C\CCCC. The molecule has 17 nitrogen and oxygen atoms in total. The molecule has 19 heteroatoms. The summed E-state index contributed by atoms with van der Waals surface area (Å²) in [7, 11) is -9.96. The van der Waals surface area contributed by atoms with E-state index in [-0.39, 0.29) is 25.7 Å². The van der Waals surface area contributed by atoms with Crippen LogP contribution in [0.4, 0.5) is 0 Å². The maximum atomic E-state index is 13.0. The van der Waals surface area contributed by atoms with Crippen LogP contribution in [-0.2, 0) is 65.4 Å². The first-order chi connectivity index (χ1) is 45.7. The van der Waals surface area contributed by atoms with E-state index in [9.17, 15) is 43.2 Å². The third-order valence-electron chi connectivity index (χ3n) is 14.7. The normalized spacial score (nSPS) is 14.7. The van der Waals surface area contributed by atoms with Crippen molar-refractivity contribution in [2.24, 2.45) is 0 Å². The van der Waals surface area contributed by atoms with Gasteiger partial charge in [-0.1, -0.05) is 227 Å². The second kappa shape index (κ2) is 67.3. The number of unbranched alkanes of at least 4 members (excludes halogenated alkanes) is 23. The van der Waals surface area contributed by atoms with Gasteiger partial charge in [0.1, 0.15) is 19.3 Å². The molecule has 540 valence electrons. The lowest BCUT2D eigenvalue weighted by molar-refractivity contribution is -0.161. The molecule has 0 spiro atoms. The van der Waals surface area contributed by atoms with Gasteiger partial charge in [0.2, 0.25) is 0 Å². The minimum atomic E-state index is -4.98. The zero-order valence-electron chi connectivity index (χ0n) is 58.6. The van der Waals surface area contributed by atoms with Gasteiger partial charge >= 0.3 is 39.5 Å². The van der Waals surface area contributed by atoms with Crippen molar-refractivity contribution in [3.05, 3.63) is 109 Å². The summed E-state index contributed by atoms with van der Waals surface area (Å²) in [6, 6.07) is 0. The molecule has 0 bridgehead atoms. The number of rotatable bonds is 67. The van der Waals surface area contributed by atoms with Crippen molar-refractivity contribution < 1.29 is 80.2 Å². The number of phosphoric ester groups is 2. The average molecular weight is 1360 g/mol. The minimum absolute atomic E-state index is 0.0734. The van der Waals surface area contributed by atoms with Crippen molar-refractivity contribution in [3.63, 3.8) is 0 Å². The lowest BCUT2D eigenvalue weighted by Crippen LogP contribution is -2.30. The van der Waals surface area contributed by atoms with Gasteiger partial charge in [-0.3, -0.25) is 37.3 Å². The highest BCUT2D eigenvalue weighted by Gasteiger charge is 2.30. The zero-order valence-corrected chi connectivity index (χ0v) is 60.4. The standard InChI is InChI=1S/C75H128O17P2/c1-5-9-13-17-21-25-29-32-34-37-40-43-47-51-55-59-72(77)85-65-70(91-74(79)61-57-53-49-45-39-28-24-20-16-12-8-4)67-89-93(81,82)87-63-69(76)64-88-94(83,84)90-68-71(92-75(80)62-58-54-50-46-42-36-31-27-23-19-15-11-7-3)66-86-73(78)60-56-52-48-44-41-38-35-33-30-26-22-18-14-10-6-2/h9,13,15,19-22,24-27,31-35,40,43,69-71,76H,5-8,10-12,14,16-18,23,28-30,36-39,41-42,44-68H2,1-4H3,(H,81,82)(H,83,84)/b13-9-,19-15-,24-20-,25-21-,26-22-,31-27-,34-32-,35-33-,43-40-. The van der Waals surface area contributed by atoms with Crippen LogP contribution in [-0.4, -0.2) is 96.7 Å². The van der Waals surface area contributed by atoms with Gasteiger partial charge in [-0.05, 0) is 141 Å². The van der Waals surface area contributed by atoms with E-state index in [2.05, 4.69) is 137 Å². The van der Waals surface area contributed by atoms with E-state index in [4.69, 9.17) is 37.0 Å². The summed E-state index contributed by atoms with van der Waals surface area (Å²) in [6.07, 6.45) is 69.6. The molecule has 0 aliphatic rings. The molecular weight excluding hydrogens is 1230 g/mol. The van der Waals surface area contributed by atoms with E-state index in [1.165, 1.54) is 32.1 Å². The van der Waals surface area contributed by atoms with Gasteiger partial charge in [-0.25, -0.2) is 9.13 Å². The van der Waals surface area contributed by atoms with Crippen LogP contribution in [0.25, 0.3) is 0 Å². The predicted octanol–water partition coefficient (Wildman–Crippen LogP) is 20.2. The molecule has 0 amide bonds. The van der Waals surface area contributed by atoms with E-state index in [1.54, 1.807) is 0 Å². The quantitative estimate of drug-likeness (QED) is 0.0169. The molecule has 3 N–H and O–H groups in total.